The van der Waals surface area contributed by atoms with Gasteiger partial charge >= 0.3 is 0 Å². The van der Waals surface area contributed by atoms with Gasteiger partial charge in [0.2, 0.25) is 11.8 Å². The molecule has 1 aliphatic heterocycles. The number of aromatic nitrogens is 6. The Morgan fingerprint density at radius 3 is 2.85 bits per heavy atom. The number of nitrogens with zero attached hydrogens (tertiary/aromatic N) is 6. The summed E-state index contributed by atoms with van der Waals surface area (Å²) in [6, 6.07) is 9.19. The molecule has 10 nitrogen and oxygen atoms in total. The summed E-state index contributed by atoms with van der Waals surface area (Å²) >= 11 is 0. The number of pyridine rings is 2. The van der Waals surface area contributed by atoms with Crippen molar-refractivity contribution in [3.05, 3.63) is 71.9 Å². The van der Waals surface area contributed by atoms with Crippen LogP contribution >= 0.6 is 0 Å². The number of fused-ring (bicyclic) bond motifs is 1. The smallest absolute Gasteiger partial charge is 0.278 e. The highest BCUT2D eigenvalue weighted by Gasteiger charge is 2.19. The lowest BCUT2D eigenvalue weighted by Gasteiger charge is -2.23. The maximum Gasteiger partial charge on any atom is 0.278 e. The van der Waals surface area contributed by atoms with E-state index in [9.17, 15) is 4.79 Å². The first-order valence-corrected chi connectivity index (χ1v) is 10.8. The summed E-state index contributed by atoms with van der Waals surface area (Å²) < 4.78 is 9.34. The van der Waals surface area contributed by atoms with E-state index in [1.54, 1.807) is 23.2 Å². The van der Waals surface area contributed by atoms with Gasteiger partial charge in [0.1, 0.15) is 11.5 Å². The third kappa shape index (κ3) is 4.33. The second-order valence-electron chi connectivity index (χ2n) is 7.69. The lowest BCUT2D eigenvalue weighted by atomic mass is 10.1. The molecule has 1 fully saturated rings. The van der Waals surface area contributed by atoms with E-state index in [0.717, 1.165) is 31.6 Å². The Bertz CT molecular complexity index is 1330. The lowest BCUT2D eigenvalue weighted by Crippen LogP contribution is -2.34. The molecule has 0 radical (unpaired) electrons. The number of hydrogen-bond acceptors (Lipinski definition) is 8. The minimum atomic E-state index is -0.218. The number of nitrogens with one attached hydrogen (secondary N) is 2. The van der Waals surface area contributed by atoms with Crippen LogP contribution in [-0.2, 0) is 6.54 Å². The van der Waals surface area contributed by atoms with Gasteiger partial charge in [0.05, 0.1) is 18.4 Å². The van der Waals surface area contributed by atoms with Crippen LogP contribution in [0.5, 0.6) is 5.88 Å². The molecule has 0 aromatic carbocycles. The second kappa shape index (κ2) is 9.21. The fraction of sp³-hybridized carbons (Fsp3) is 0.261. The second-order valence-corrected chi connectivity index (χ2v) is 7.69. The largest absolute Gasteiger partial charge is 0.474 e. The zero-order valence-electron chi connectivity index (χ0n) is 18.0. The van der Waals surface area contributed by atoms with Gasteiger partial charge in [-0.15, -0.1) is 6.58 Å². The Morgan fingerprint density at radius 1 is 1.18 bits per heavy atom. The van der Waals surface area contributed by atoms with Gasteiger partial charge in [-0.1, -0.05) is 12.1 Å². The summed E-state index contributed by atoms with van der Waals surface area (Å²) in [6.45, 7) is 5.94. The zero-order chi connectivity index (χ0) is 22.6. The summed E-state index contributed by atoms with van der Waals surface area (Å²) in [5.41, 5.74) is 0.964. The van der Waals surface area contributed by atoms with Crippen molar-refractivity contribution in [1.29, 1.82) is 0 Å². The van der Waals surface area contributed by atoms with E-state index in [-0.39, 0.29) is 11.7 Å². The molecule has 4 aromatic heterocycles. The van der Waals surface area contributed by atoms with E-state index in [4.69, 9.17) is 9.72 Å². The summed E-state index contributed by atoms with van der Waals surface area (Å²) in [4.78, 5) is 30.8. The van der Waals surface area contributed by atoms with Gasteiger partial charge in [0, 0.05) is 18.5 Å². The van der Waals surface area contributed by atoms with Crippen LogP contribution in [0.25, 0.3) is 16.9 Å². The quantitative estimate of drug-likeness (QED) is 0.418. The summed E-state index contributed by atoms with van der Waals surface area (Å²) in [5, 5.41) is 6.84. The van der Waals surface area contributed by atoms with Gasteiger partial charge < -0.3 is 15.4 Å². The average Bonchev–Trinajstić information content (AvgIpc) is 3.12. The molecule has 0 aliphatic carbocycles. The number of ether oxygens (including phenoxy) is 1. The number of hydrogen-bond donors (Lipinski definition) is 2. The molecule has 4 aromatic rings. The van der Waals surface area contributed by atoms with Crippen LogP contribution in [0.1, 0.15) is 12.8 Å². The molecular formula is C23H24N8O2. The molecule has 0 bridgehead atoms. The molecule has 0 unspecified atom stereocenters. The maximum absolute atomic E-state index is 13.1. The van der Waals surface area contributed by atoms with Crippen LogP contribution in [0.4, 0.5) is 11.6 Å². The predicted octanol–water partition coefficient (Wildman–Crippen LogP) is 2.43. The fourth-order valence-corrected chi connectivity index (χ4v) is 3.85. The minimum Gasteiger partial charge on any atom is -0.474 e. The topological polar surface area (TPSA) is 112 Å². The van der Waals surface area contributed by atoms with Crippen molar-refractivity contribution in [3.8, 4) is 11.7 Å². The van der Waals surface area contributed by atoms with E-state index >= 15 is 0 Å². The Hall–Kier alpha value is -4.05. The van der Waals surface area contributed by atoms with Crippen LogP contribution in [0.15, 0.2) is 66.4 Å². The van der Waals surface area contributed by atoms with E-state index in [1.807, 2.05) is 30.3 Å². The fourth-order valence-electron chi connectivity index (χ4n) is 3.85. The monoisotopic (exact) mass is 444 g/mol. The molecule has 10 heteroatoms. The zero-order valence-corrected chi connectivity index (χ0v) is 18.0. The molecule has 0 amide bonds. The molecule has 1 aliphatic rings. The van der Waals surface area contributed by atoms with Crippen LogP contribution in [0.2, 0.25) is 0 Å². The van der Waals surface area contributed by atoms with Gasteiger partial charge in [-0.05, 0) is 44.1 Å². The van der Waals surface area contributed by atoms with Crippen LogP contribution in [0.3, 0.4) is 0 Å². The van der Waals surface area contributed by atoms with E-state index < -0.39 is 0 Å². The van der Waals surface area contributed by atoms with Gasteiger partial charge in [-0.3, -0.25) is 9.78 Å². The Labute approximate surface area is 190 Å². The molecule has 5 rings (SSSR count). The molecule has 5 heterocycles. The number of rotatable bonds is 7. The Morgan fingerprint density at radius 2 is 2.06 bits per heavy atom. The molecule has 0 saturated carbocycles. The average molecular weight is 444 g/mol. The molecule has 0 atom stereocenters. The van der Waals surface area contributed by atoms with Gasteiger partial charge in [-0.25, -0.2) is 14.3 Å². The van der Waals surface area contributed by atoms with Gasteiger partial charge in [0.15, 0.2) is 11.5 Å². The van der Waals surface area contributed by atoms with Crippen molar-refractivity contribution < 1.29 is 4.74 Å². The third-order valence-electron chi connectivity index (χ3n) is 5.39. The Balaban J connectivity index is 1.57. The van der Waals surface area contributed by atoms with E-state index in [2.05, 4.69) is 32.2 Å². The normalized spacial score (nSPS) is 14.3. The summed E-state index contributed by atoms with van der Waals surface area (Å²) in [7, 11) is 0. The van der Waals surface area contributed by atoms with Crippen LogP contribution in [0, 0.1) is 0 Å². The highest BCUT2D eigenvalue weighted by Crippen LogP contribution is 2.20. The number of anilines is 2. The molecule has 1 saturated heterocycles. The van der Waals surface area contributed by atoms with E-state index in [1.165, 1.54) is 10.9 Å². The summed E-state index contributed by atoms with van der Waals surface area (Å²) in [5.74, 6) is 1.39. The number of piperidine rings is 1. The molecule has 2 N–H and O–H groups in total. The SMILES string of the molecule is C=CCn1c(=O)c2cnc(Nc3cccnc3)nc2n1-c1cccc(OC2CCNCC2)n1. The highest BCUT2D eigenvalue weighted by atomic mass is 16.5. The highest BCUT2D eigenvalue weighted by molar-refractivity contribution is 5.77. The third-order valence-corrected chi connectivity index (χ3v) is 5.39. The summed E-state index contributed by atoms with van der Waals surface area (Å²) in [6.07, 6.45) is 8.51. The molecule has 0 spiro atoms. The molecule has 168 valence electrons. The van der Waals surface area contributed by atoms with Crippen molar-refractivity contribution in [3.63, 3.8) is 0 Å². The number of allylic oxidation sites excluding steroid dienone is 1. The van der Waals surface area contributed by atoms with Gasteiger partial charge in [0.25, 0.3) is 5.56 Å². The first kappa shape index (κ1) is 20.8. The standard InChI is InChI=1S/C23H24N8O2/c1-2-13-30-22(32)18-15-26-23(27-16-5-4-10-25-14-16)29-21(18)31(30)19-6-3-7-20(28-19)33-17-8-11-24-12-9-17/h2-7,10,14-15,17,24H,1,8-9,11-13H2,(H,26,27,29). The maximum atomic E-state index is 13.1. The minimum absolute atomic E-state index is 0.114. The molecule has 33 heavy (non-hydrogen) atoms. The van der Waals surface area contributed by atoms with E-state index in [0.29, 0.717) is 35.2 Å². The van der Waals surface area contributed by atoms with Crippen molar-refractivity contribution in [2.24, 2.45) is 0 Å². The predicted molar refractivity (Wildman–Crippen MR) is 125 cm³/mol. The lowest BCUT2D eigenvalue weighted by molar-refractivity contribution is 0.156. The Kier molecular flexibility index (Phi) is 5.81. The van der Waals surface area contributed by atoms with Crippen molar-refractivity contribution in [2.45, 2.75) is 25.5 Å². The van der Waals surface area contributed by atoms with Crippen molar-refractivity contribution in [1.82, 2.24) is 34.6 Å². The van der Waals surface area contributed by atoms with Crippen LogP contribution in [-0.4, -0.2) is 48.5 Å². The van der Waals surface area contributed by atoms with Gasteiger partial charge in [-0.2, -0.15) is 9.97 Å². The van der Waals surface area contributed by atoms with Crippen molar-refractivity contribution in [2.75, 3.05) is 18.4 Å². The van der Waals surface area contributed by atoms with Crippen LogP contribution < -0.4 is 20.9 Å². The first-order chi connectivity index (χ1) is 16.2. The first-order valence-electron chi connectivity index (χ1n) is 10.8. The van der Waals surface area contributed by atoms with Crippen molar-refractivity contribution >= 4 is 22.7 Å². The molecular weight excluding hydrogens is 420 g/mol.